The first-order valence-corrected chi connectivity index (χ1v) is 15.6. The van der Waals surface area contributed by atoms with Crippen LogP contribution in [-0.4, -0.2) is 4.57 Å². The lowest BCUT2D eigenvalue weighted by Crippen LogP contribution is -1.93. The molecule has 8 aromatic carbocycles. The molecule has 0 aliphatic rings. The Labute approximate surface area is 271 Å². The summed E-state index contributed by atoms with van der Waals surface area (Å²) in [5.74, 6) is 0. The minimum absolute atomic E-state index is 0.629. The van der Waals surface area contributed by atoms with Gasteiger partial charge < -0.3 is 4.57 Å². The van der Waals surface area contributed by atoms with Crippen molar-refractivity contribution in [1.29, 1.82) is 0 Å². The second kappa shape index (κ2) is 10.5. The van der Waals surface area contributed by atoms with Crippen molar-refractivity contribution < 1.29 is 0 Å². The van der Waals surface area contributed by atoms with Crippen molar-refractivity contribution in [2.75, 3.05) is 0 Å². The number of benzene rings is 8. The lowest BCUT2D eigenvalue weighted by atomic mass is 9.84. The maximum absolute atomic E-state index is 7.86. The summed E-state index contributed by atoms with van der Waals surface area (Å²) >= 11 is 0. The molecule has 0 unspecified atom stereocenters. The van der Waals surface area contributed by atoms with Crippen molar-refractivity contribution in [1.82, 2.24) is 4.57 Å². The Kier molecular flexibility index (Phi) is 5.94. The van der Waals surface area contributed by atoms with Crippen LogP contribution in [0, 0.1) is 13.1 Å². The van der Waals surface area contributed by atoms with Gasteiger partial charge in [0.15, 0.2) is 11.4 Å². The van der Waals surface area contributed by atoms with Crippen molar-refractivity contribution in [3.63, 3.8) is 0 Å². The maximum Gasteiger partial charge on any atom is 0.188 e. The number of hydrogen-bond donors (Lipinski definition) is 0. The van der Waals surface area contributed by atoms with Crippen molar-refractivity contribution in [3.05, 3.63) is 174 Å². The van der Waals surface area contributed by atoms with Crippen LogP contribution in [0.2, 0.25) is 0 Å². The third-order valence-electron chi connectivity index (χ3n) is 9.36. The van der Waals surface area contributed by atoms with E-state index < -0.39 is 0 Å². The standard InChI is InChI=1S/C44H25N3/c1-45-30-21-23-42-39(26-30)38-25-29(20-22-41(38)47(42)32-13-4-3-5-14-32)43-34-16-8-10-18-36(34)44(37-19-11-9-17-35(37)43)40-27-31(46-2)24-28-12-6-7-15-33(28)40/h3-27H. The Morgan fingerprint density at radius 2 is 0.957 bits per heavy atom. The summed E-state index contributed by atoms with van der Waals surface area (Å²) in [4.78, 5) is 7.62. The second-order valence-corrected chi connectivity index (χ2v) is 11.9. The Bertz CT molecular complexity index is 2750. The average molecular weight is 596 g/mol. The summed E-state index contributed by atoms with van der Waals surface area (Å²) in [6, 6.07) is 52.8. The topological polar surface area (TPSA) is 13.7 Å². The first kappa shape index (κ1) is 26.7. The summed E-state index contributed by atoms with van der Waals surface area (Å²) in [5, 5.41) is 8.98. The van der Waals surface area contributed by atoms with E-state index in [1.165, 1.54) is 5.56 Å². The molecule has 0 spiro atoms. The van der Waals surface area contributed by atoms with Gasteiger partial charge in [0.1, 0.15) is 0 Å². The highest BCUT2D eigenvalue weighted by molar-refractivity contribution is 6.24. The molecule has 0 N–H and O–H groups in total. The monoisotopic (exact) mass is 595 g/mol. The van der Waals surface area contributed by atoms with Crippen LogP contribution >= 0.6 is 0 Å². The first-order valence-electron chi connectivity index (χ1n) is 15.6. The van der Waals surface area contributed by atoms with Gasteiger partial charge in [0.25, 0.3) is 0 Å². The Morgan fingerprint density at radius 1 is 0.404 bits per heavy atom. The molecular formula is C44H25N3. The Morgan fingerprint density at radius 3 is 1.62 bits per heavy atom. The van der Waals surface area contributed by atoms with Crippen molar-refractivity contribution in [3.8, 4) is 27.9 Å². The van der Waals surface area contributed by atoms with E-state index in [2.05, 4.69) is 130 Å². The number of rotatable bonds is 3. The summed E-state index contributed by atoms with van der Waals surface area (Å²) in [6.07, 6.45) is 0. The molecule has 0 atom stereocenters. The molecule has 216 valence electrons. The molecule has 1 heterocycles. The molecule has 0 saturated heterocycles. The van der Waals surface area contributed by atoms with Gasteiger partial charge in [-0.3, -0.25) is 0 Å². The van der Waals surface area contributed by atoms with E-state index >= 15 is 0 Å². The number of fused-ring (bicyclic) bond motifs is 6. The van der Waals surface area contributed by atoms with Crippen LogP contribution in [0.1, 0.15) is 0 Å². The van der Waals surface area contributed by atoms with Gasteiger partial charge in [-0.2, -0.15) is 0 Å². The predicted octanol–water partition coefficient (Wildman–Crippen LogP) is 12.7. The quantitative estimate of drug-likeness (QED) is 0.142. The van der Waals surface area contributed by atoms with Gasteiger partial charge in [0.05, 0.1) is 24.2 Å². The van der Waals surface area contributed by atoms with Crippen molar-refractivity contribution in [2.24, 2.45) is 0 Å². The van der Waals surface area contributed by atoms with E-state index in [9.17, 15) is 0 Å². The van der Waals surface area contributed by atoms with Gasteiger partial charge in [-0.05, 0) is 108 Å². The Hall–Kier alpha value is -6.68. The fourth-order valence-corrected chi connectivity index (χ4v) is 7.39. The molecule has 9 rings (SSSR count). The molecule has 9 aromatic rings. The minimum atomic E-state index is 0.629. The fourth-order valence-electron chi connectivity index (χ4n) is 7.39. The van der Waals surface area contributed by atoms with Crippen LogP contribution < -0.4 is 0 Å². The molecule has 0 bridgehead atoms. The third kappa shape index (κ3) is 4.05. The Balaban J connectivity index is 1.40. The van der Waals surface area contributed by atoms with Crippen LogP contribution in [0.15, 0.2) is 152 Å². The lowest BCUT2D eigenvalue weighted by Gasteiger charge is -2.19. The molecule has 3 heteroatoms. The normalized spacial score (nSPS) is 11.4. The van der Waals surface area contributed by atoms with Crippen molar-refractivity contribution >= 4 is 65.5 Å². The smallest absolute Gasteiger partial charge is 0.188 e. The molecule has 0 saturated carbocycles. The number of hydrogen-bond acceptors (Lipinski definition) is 0. The highest BCUT2D eigenvalue weighted by atomic mass is 15.0. The van der Waals surface area contributed by atoms with Crippen LogP contribution in [-0.2, 0) is 0 Å². The van der Waals surface area contributed by atoms with Crippen LogP contribution in [0.5, 0.6) is 0 Å². The maximum atomic E-state index is 7.86. The molecule has 47 heavy (non-hydrogen) atoms. The van der Waals surface area contributed by atoms with Gasteiger partial charge in [0.2, 0.25) is 0 Å². The molecule has 0 fully saturated rings. The summed E-state index contributed by atoms with van der Waals surface area (Å²) in [5.41, 5.74) is 9.04. The van der Waals surface area contributed by atoms with Gasteiger partial charge in [-0.15, -0.1) is 0 Å². The molecule has 1 aromatic heterocycles. The number of nitrogens with zero attached hydrogens (tertiary/aromatic N) is 3. The van der Waals surface area contributed by atoms with E-state index in [1.54, 1.807) is 0 Å². The zero-order valence-corrected chi connectivity index (χ0v) is 25.3. The summed E-state index contributed by atoms with van der Waals surface area (Å²) in [6.45, 7) is 15.6. The zero-order chi connectivity index (χ0) is 31.5. The van der Waals surface area contributed by atoms with Gasteiger partial charge >= 0.3 is 0 Å². The van der Waals surface area contributed by atoms with Crippen LogP contribution in [0.4, 0.5) is 11.4 Å². The SMILES string of the molecule is [C-]#[N+]c1cc(-c2c3ccccc3c(-c3ccc4c(c3)c3cc([N+]#[C-])ccc3n4-c3ccccc3)c3ccccc23)c2ccccc2c1. The molecular weight excluding hydrogens is 571 g/mol. The van der Waals surface area contributed by atoms with Gasteiger partial charge in [0, 0.05) is 11.1 Å². The molecule has 0 aliphatic carbocycles. The zero-order valence-electron chi connectivity index (χ0n) is 25.3. The first-order chi connectivity index (χ1) is 23.2. The van der Waals surface area contributed by atoms with E-state index in [0.29, 0.717) is 11.4 Å². The largest absolute Gasteiger partial charge is 0.309 e. The second-order valence-electron chi connectivity index (χ2n) is 11.9. The fraction of sp³-hybridized carbons (Fsp3) is 0. The van der Waals surface area contributed by atoms with E-state index in [1.807, 2.05) is 36.4 Å². The molecule has 0 amide bonds. The number of aromatic nitrogens is 1. The van der Waals surface area contributed by atoms with E-state index in [4.69, 9.17) is 13.1 Å². The predicted molar refractivity (Wildman–Crippen MR) is 197 cm³/mol. The third-order valence-corrected chi connectivity index (χ3v) is 9.36. The van der Waals surface area contributed by atoms with Crippen LogP contribution in [0.3, 0.4) is 0 Å². The molecule has 0 radical (unpaired) electrons. The average Bonchev–Trinajstić information content (AvgIpc) is 3.46. The van der Waals surface area contributed by atoms with Gasteiger partial charge in [-0.1, -0.05) is 103 Å². The lowest BCUT2D eigenvalue weighted by molar-refractivity contribution is 1.18. The summed E-state index contributed by atoms with van der Waals surface area (Å²) in [7, 11) is 0. The highest BCUT2D eigenvalue weighted by Crippen LogP contribution is 2.47. The molecule has 0 aliphatic heterocycles. The minimum Gasteiger partial charge on any atom is -0.309 e. The van der Waals surface area contributed by atoms with E-state index in [-0.39, 0.29) is 0 Å². The highest BCUT2D eigenvalue weighted by Gasteiger charge is 2.20. The number of para-hydroxylation sites is 1. The van der Waals surface area contributed by atoms with Crippen molar-refractivity contribution in [2.45, 2.75) is 0 Å². The van der Waals surface area contributed by atoms with Crippen LogP contribution in [0.25, 0.3) is 91.8 Å². The van der Waals surface area contributed by atoms with Gasteiger partial charge in [-0.25, -0.2) is 9.69 Å². The summed E-state index contributed by atoms with van der Waals surface area (Å²) < 4.78 is 2.29. The van der Waals surface area contributed by atoms with E-state index in [0.717, 1.165) is 76.5 Å². The molecule has 3 nitrogen and oxygen atoms in total.